The molecule has 1 aliphatic heterocycles. The summed E-state index contributed by atoms with van der Waals surface area (Å²) < 4.78 is 0. The van der Waals surface area contributed by atoms with Gasteiger partial charge in [-0.25, -0.2) is 4.98 Å². The minimum atomic E-state index is -0.402. The van der Waals surface area contributed by atoms with Gasteiger partial charge in [0, 0.05) is 31.7 Å². The highest BCUT2D eigenvalue weighted by Crippen LogP contribution is 2.40. The van der Waals surface area contributed by atoms with Crippen molar-refractivity contribution in [1.29, 1.82) is 0 Å². The fourth-order valence-electron chi connectivity index (χ4n) is 3.69. The van der Waals surface area contributed by atoms with E-state index in [9.17, 15) is 5.11 Å². The van der Waals surface area contributed by atoms with Crippen LogP contribution in [-0.4, -0.2) is 35.8 Å². The number of anilines is 1. The van der Waals surface area contributed by atoms with Gasteiger partial charge in [0.15, 0.2) is 0 Å². The zero-order valence-electron chi connectivity index (χ0n) is 12.3. The number of aliphatic hydroxyl groups is 1. The van der Waals surface area contributed by atoms with Crippen molar-refractivity contribution < 1.29 is 5.11 Å². The molecule has 20 heavy (non-hydrogen) atoms. The number of aromatic nitrogens is 1. The molecule has 0 spiro atoms. The van der Waals surface area contributed by atoms with E-state index in [1.165, 1.54) is 18.4 Å². The zero-order valence-corrected chi connectivity index (χ0v) is 12.3. The smallest absolute Gasteiger partial charge is 0.128 e. The van der Waals surface area contributed by atoms with Crippen LogP contribution in [0.1, 0.15) is 37.7 Å². The summed E-state index contributed by atoms with van der Waals surface area (Å²) in [4.78, 5) is 6.93. The molecule has 110 valence electrons. The summed E-state index contributed by atoms with van der Waals surface area (Å²) in [6.45, 7) is 2.73. The molecule has 0 amide bonds. The van der Waals surface area contributed by atoms with Crippen molar-refractivity contribution in [1.82, 2.24) is 10.3 Å². The third-order valence-electron chi connectivity index (χ3n) is 4.94. The Morgan fingerprint density at radius 1 is 1.40 bits per heavy atom. The predicted octanol–water partition coefficient (Wildman–Crippen LogP) is 1.93. The van der Waals surface area contributed by atoms with Gasteiger partial charge in [0.25, 0.3) is 0 Å². The fraction of sp³-hybridized carbons (Fsp3) is 0.688. The molecule has 0 radical (unpaired) electrons. The van der Waals surface area contributed by atoms with Crippen molar-refractivity contribution in [2.75, 3.05) is 25.0 Å². The summed E-state index contributed by atoms with van der Waals surface area (Å²) >= 11 is 0. The molecule has 1 saturated heterocycles. The lowest BCUT2D eigenvalue weighted by atomic mass is 9.71. The van der Waals surface area contributed by atoms with Crippen LogP contribution in [0.15, 0.2) is 18.3 Å². The normalized spacial score (nSPS) is 30.1. The number of nitrogens with zero attached hydrogens (tertiary/aromatic N) is 2. The van der Waals surface area contributed by atoms with Crippen LogP contribution in [0.5, 0.6) is 0 Å². The van der Waals surface area contributed by atoms with Gasteiger partial charge in [-0.15, -0.1) is 0 Å². The molecule has 4 nitrogen and oxygen atoms in total. The number of piperidine rings is 1. The highest BCUT2D eigenvalue weighted by molar-refractivity contribution is 5.40. The van der Waals surface area contributed by atoms with Crippen molar-refractivity contribution in [2.45, 2.75) is 44.2 Å². The van der Waals surface area contributed by atoms with Crippen LogP contribution in [0, 0.1) is 5.92 Å². The van der Waals surface area contributed by atoms with Gasteiger partial charge in [0.2, 0.25) is 0 Å². The SMILES string of the molecule is CNCc1ccc(N2CCC3(O)CCCCC3C2)nc1. The van der Waals surface area contributed by atoms with Gasteiger partial charge >= 0.3 is 0 Å². The van der Waals surface area contributed by atoms with Crippen molar-refractivity contribution in [3.8, 4) is 0 Å². The Labute approximate surface area is 121 Å². The maximum atomic E-state index is 10.7. The Morgan fingerprint density at radius 2 is 2.30 bits per heavy atom. The van der Waals surface area contributed by atoms with Crippen LogP contribution < -0.4 is 10.2 Å². The predicted molar refractivity (Wildman–Crippen MR) is 80.7 cm³/mol. The lowest BCUT2D eigenvalue weighted by Crippen LogP contribution is -2.53. The maximum absolute atomic E-state index is 10.7. The Balaban J connectivity index is 1.69. The highest BCUT2D eigenvalue weighted by Gasteiger charge is 2.42. The van der Waals surface area contributed by atoms with Crippen molar-refractivity contribution in [3.05, 3.63) is 23.9 Å². The molecule has 2 heterocycles. The van der Waals surface area contributed by atoms with E-state index in [1.807, 2.05) is 13.2 Å². The van der Waals surface area contributed by atoms with Gasteiger partial charge < -0.3 is 15.3 Å². The first-order valence-corrected chi connectivity index (χ1v) is 7.78. The van der Waals surface area contributed by atoms with Crippen molar-refractivity contribution >= 4 is 5.82 Å². The van der Waals surface area contributed by atoms with Gasteiger partial charge in [-0.05, 0) is 37.9 Å². The van der Waals surface area contributed by atoms with E-state index in [0.717, 1.165) is 44.7 Å². The number of hydrogen-bond acceptors (Lipinski definition) is 4. The van der Waals surface area contributed by atoms with E-state index in [2.05, 4.69) is 27.3 Å². The molecule has 1 aromatic heterocycles. The van der Waals surface area contributed by atoms with E-state index in [4.69, 9.17) is 0 Å². The summed E-state index contributed by atoms with van der Waals surface area (Å²) in [7, 11) is 1.95. The van der Waals surface area contributed by atoms with E-state index >= 15 is 0 Å². The van der Waals surface area contributed by atoms with E-state index in [-0.39, 0.29) is 0 Å². The molecule has 1 saturated carbocycles. The first-order chi connectivity index (χ1) is 9.71. The minimum Gasteiger partial charge on any atom is -0.389 e. The highest BCUT2D eigenvalue weighted by atomic mass is 16.3. The molecular formula is C16H25N3O. The average Bonchev–Trinajstić information content (AvgIpc) is 2.47. The monoisotopic (exact) mass is 275 g/mol. The topological polar surface area (TPSA) is 48.4 Å². The summed E-state index contributed by atoms with van der Waals surface area (Å²) in [5.41, 5.74) is 0.809. The third kappa shape index (κ3) is 2.67. The standard InChI is InChI=1S/C16H25N3O/c1-17-10-13-5-6-15(18-11-13)19-9-8-16(20)7-3-2-4-14(16)12-19/h5-6,11,14,17,20H,2-4,7-10,12H2,1H3. The van der Waals surface area contributed by atoms with Gasteiger partial charge in [-0.3, -0.25) is 0 Å². The second-order valence-electron chi connectivity index (χ2n) is 6.30. The molecule has 0 aromatic carbocycles. The molecule has 2 N–H and O–H groups in total. The van der Waals surface area contributed by atoms with Crippen LogP contribution in [0.25, 0.3) is 0 Å². The lowest BCUT2D eigenvalue weighted by Gasteiger charge is -2.47. The molecule has 3 rings (SSSR count). The minimum absolute atomic E-state index is 0.402. The third-order valence-corrected chi connectivity index (χ3v) is 4.94. The first kappa shape index (κ1) is 13.8. The van der Waals surface area contributed by atoms with Crippen LogP contribution in [-0.2, 0) is 6.54 Å². The summed E-state index contributed by atoms with van der Waals surface area (Å²) in [6.07, 6.45) is 7.43. The van der Waals surface area contributed by atoms with Crippen LogP contribution >= 0.6 is 0 Å². The molecule has 2 aliphatic rings. The van der Waals surface area contributed by atoms with Crippen molar-refractivity contribution in [3.63, 3.8) is 0 Å². The number of nitrogens with one attached hydrogen (secondary N) is 1. The molecule has 2 fully saturated rings. The van der Waals surface area contributed by atoms with E-state index in [0.29, 0.717) is 5.92 Å². The second-order valence-corrected chi connectivity index (χ2v) is 6.30. The molecule has 2 atom stereocenters. The molecular weight excluding hydrogens is 250 g/mol. The van der Waals surface area contributed by atoms with Gasteiger partial charge in [-0.1, -0.05) is 18.9 Å². The van der Waals surface area contributed by atoms with Crippen LogP contribution in [0.4, 0.5) is 5.82 Å². The largest absolute Gasteiger partial charge is 0.389 e. The molecule has 0 bridgehead atoms. The number of rotatable bonds is 3. The number of hydrogen-bond donors (Lipinski definition) is 2. The lowest BCUT2D eigenvalue weighted by molar-refractivity contribution is -0.0613. The Hall–Kier alpha value is -1.13. The summed E-state index contributed by atoms with van der Waals surface area (Å²) in [5.74, 6) is 1.47. The van der Waals surface area contributed by atoms with Gasteiger partial charge in [0.1, 0.15) is 5.82 Å². The Morgan fingerprint density at radius 3 is 3.05 bits per heavy atom. The first-order valence-electron chi connectivity index (χ1n) is 7.78. The van der Waals surface area contributed by atoms with Crippen molar-refractivity contribution in [2.24, 2.45) is 5.92 Å². The van der Waals surface area contributed by atoms with E-state index < -0.39 is 5.60 Å². The maximum Gasteiger partial charge on any atom is 0.128 e. The van der Waals surface area contributed by atoms with Gasteiger partial charge in [-0.2, -0.15) is 0 Å². The van der Waals surface area contributed by atoms with Gasteiger partial charge in [0.05, 0.1) is 5.60 Å². The summed E-state index contributed by atoms with van der Waals surface area (Å²) in [6, 6.07) is 4.25. The molecule has 2 unspecified atom stereocenters. The molecule has 4 heteroatoms. The zero-order chi connectivity index (χ0) is 14.0. The summed E-state index contributed by atoms with van der Waals surface area (Å²) in [5, 5.41) is 13.9. The van der Waals surface area contributed by atoms with Crippen LogP contribution in [0.3, 0.4) is 0 Å². The second kappa shape index (κ2) is 5.70. The fourth-order valence-corrected chi connectivity index (χ4v) is 3.69. The molecule has 1 aromatic rings. The Kier molecular flexibility index (Phi) is 3.94. The number of fused-ring (bicyclic) bond motifs is 1. The average molecular weight is 275 g/mol. The quantitative estimate of drug-likeness (QED) is 0.885. The number of pyridine rings is 1. The molecule has 1 aliphatic carbocycles. The van der Waals surface area contributed by atoms with Crippen LogP contribution in [0.2, 0.25) is 0 Å². The Bertz CT molecular complexity index is 448. The van der Waals surface area contributed by atoms with E-state index in [1.54, 1.807) is 0 Å².